The Morgan fingerprint density at radius 1 is 1.54 bits per heavy atom. The van der Waals surface area contributed by atoms with Crippen molar-refractivity contribution >= 4 is 22.7 Å². The second-order valence-electron chi connectivity index (χ2n) is 2.71. The van der Waals surface area contributed by atoms with E-state index in [1.807, 2.05) is 6.07 Å². The zero-order valence-corrected chi connectivity index (χ0v) is 7.73. The largest absolute Gasteiger partial charge is 0.308 e. The predicted octanol–water partition coefficient (Wildman–Crippen LogP) is 0.863. The molecule has 68 valence electrons. The van der Waals surface area contributed by atoms with Gasteiger partial charge in [-0.15, -0.1) is 0 Å². The Kier molecular flexibility index (Phi) is 2.10. The molecule has 2 rings (SSSR count). The molecule has 0 unspecified atom stereocenters. The average Bonchev–Trinajstić information content (AvgIpc) is 2.51. The van der Waals surface area contributed by atoms with Crippen LogP contribution in [0.15, 0.2) is 23.0 Å². The first-order chi connectivity index (χ1) is 6.27. The lowest BCUT2D eigenvalue weighted by atomic mass is 10.4. The number of aromatic amines is 1. The van der Waals surface area contributed by atoms with E-state index in [0.717, 1.165) is 12.3 Å². The third-order valence-electron chi connectivity index (χ3n) is 1.84. The first-order valence-electron chi connectivity index (χ1n) is 3.95. The fraction of sp³-hybridized carbons (Fsp3) is 0.250. The molecule has 0 radical (unpaired) electrons. The van der Waals surface area contributed by atoms with Gasteiger partial charge < -0.3 is 9.88 Å². The lowest BCUT2D eigenvalue weighted by Gasteiger charge is -2.15. The van der Waals surface area contributed by atoms with Crippen LogP contribution in [0.1, 0.15) is 0 Å². The van der Waals surface area contributed by atoms with Gasteiger partial charge in [-0.1, -0.05) is 17.8 Å². The number of nitrogens with zero attached hydrogens (tertiary/aromatic N) is 1. The van der Waals surface area contributed by atoms with E-state index < -0.39 is 0 Å². The number of hydrogen-bond acceptors (Lipinski definition) is 3. The molecular formula is C8H9N3OS. The van der Waals surface area contributed by atoms with Crippen LogP contribution in [-0.2, 0) is 0 Å². The van der Waals surface area contributed by atoms with Crippen LogP contribution < -0.4 is 10.5 Å². The minimum atomic E-state index is -0.123. The van der Waals surface area contributed by atoms with Gasteiger partial charge in [-0.25, -0.2) is 0 Å². The van der Waals surface area contributed by atoms with Crippen LogP contribution in [0.5, 0.6) is 0 Å². The zero-order chi connectivity index (χ0) is 9.26. The molecule has 2 N–H and O–H groups in total. The molecular weight excluding hydrogens is 186 g/mol. The summed E-state index contributed by atoms with van der Waals surface area (Å²) in [7, 11) is 0. The molecule has 13 heavy (non-hydrogen) atoms. The van der Waals surface area contributed by atoms with Crippen LogP contribution in [0.3, 0.4) is 0 Å². The highest BCUT2D eigenvalue weighted by atomic mass is 32.2. The summed E-state index contributed by atoms with van der Waals surface area (Å²) in [5.74, 6) is 1.62. The van der Waals surface area contributed by atoms with Gasteiger partial charge in [0.2, 0.25) is 5.56 Å². The van der Waals surface area contributed by atoms with Crippen molar-refractivity contribution in [2.24, 2.45) is 0 Å². The number of nitrogens with one attached hydrogen (secondary N) is 2. The quantitative estimate of drug-likeness (QED) is 0.698. The Labute approximate surface area is 79.5 Å². The Morgan fingerprint density at radius 2 is 2.38 bits per heavy atom. The van der Waals surface area contributed by atoms with Gasteiger partial charge in [0.05, 0.1) is 0 Å². The first-order valence-corrected chi connectivity index (χ1v) is 4.94. The maximum atomic E-state index is 11.0. The van der Waals surface area contributed by atoms with Crippen molar-refractivity contribution in [3.63, 3.8) is 0 Å². The molecule has 0 bridgehead atoms. The third kappa shape index (κ3) is 1.60. The molecule has 4 nitrogen and oxygen atoms in total. The van der Waals surface area contributed by atoms with Crippen LogP contribution in [0, 0.1) is 5.41 Å². The van der Waals surface area contributed by atoms with Gasteiger partial charge in [0.15, 0.2) is 5.17 Å². The zero-order valence-electron chi connectivity index (χ0n) is 6.91. The molecule has 0 atom stereocenters. The molecule has 1 aromatic rings. The van der Waals surface area contributed by atoms with Crippen LogP contribution in [0.4, 0.5) is 5.82 Å². The summed E-state index contributed by atoms with van der Waals surface area (Å²) in [4.78, 5) is 15.5. The topological polar surface area (TPSA) is 60.0 Å². The van der Waals surface area contributed by atoms with E-state index in [9.17, 15) is 4.79 Å². The van der Waals surface area contributed by atoms with E-state index in [4.69, 9.17) is 5.41 Å². The van der Waals surface area contributed by atoms with E-state index in [-0.39, 0.29) is 5.56 Å². The number of thioether (sulfide) groups is 1. The molecule has 1 saturated heterocycles. The van der Waals surface area contributed by atoms with Gasteiger partial charge in [-0.3, -0.25) is 10.2 Å². The summed E-state index contributed by atoms with van der Waals surface area (Å²) in [6.07, 6.45) is 0. The fourth-order valence-electron chi connectivity index (χ4n) is 1.24. The summed E-state index contributed by atoms with van der Waals surface area (Å²) in [5.41, 5.74) is -0.123. The lowest BCUT2D eigenvalue weighted by Crippen LogP contribution is -2.25. The van der Waals surface area contributed by atoms with E-state index in [1.54, 1.807) is 11.0 Å². The van der Waals surface area contributed by atoms with Gasteiger partial charge >= 0.3 is 0 Å². The molecule has 0 spiro atoms. The molecule has 1 fully saturated rings. The van der Waals surface area contributed by atoms with Crippen molar-refractivity contribution in [2.45, 2.75) is 0 Å². The third-order valence-corrected chi connectivity index (χ3v) is 2.72. The molecule has 0 amide bonds. The molecule has 5 heteroatoms. The maximum absolute atomic E-state index is 11.0. The van der Waals surface area contributed by atoms with E-state index in [1.165, 1.54) is 17.8 Å². The van der Waals surface area contributed by atoms with Crippen molar-refractivity contribution < 1.29 is 0 Å². The number of aromatic nitrogens is 1. The molecule has 1 aliphatic rings. The summed E-state index contributed by atoms with van der Waals surface area (Å²) < 4.78 is 0. The highest BCUT2D eigenvalue weighted by Gasteiger charge is 2.19. The van der Waals surface area contributed by atoms with Gasteiger partial charge in [0, 0.05) is 18.4 Å². The monoisotopic (exact) mass is 195 g/mol. The summed E-state index contributed by atoms with van der Waals surface area (Å²) in [6.45, 7) is 0.795. The lowest BCUT2D eigenvalue weighted by molar-refractivity contribution is 1.04. The number of pyridine rings is 1. The van der Waals surface area contributed by atoms with Crippen LogP contribution in [0.25, 0.3) is 0 Å². The highest BCUT2D eigenvalue weighted by Crippen LogP contribution is 2.21. The number of amidine groups is 1. The van der Waals surface area contributed by atoms with Gasteiger partial charge in [-0.05, 0) is 6.07 Å². The molecule has 1 aliphatic heterocycles. The van der Waals surface area contributed by atoms with Crippen LogP contribution >= 0.6 is 11.8 Å². The van der Waals surface area contributed by atoms with E-state index >= 15 is 0 Å². The second-order valence-corrected chi connectivity index (χ2v) is 3.79. The smallest absolute Gasteiger partial charge is 0.249 e. The Balaban J connectivity index is 2.35. The molecule has 0 aliphatic carbocycles. The second kappa shape index (κ2) is 3.26. The van der Waals surface area contributed by atoms with Gasteiger partial charge in [-0.2, -0.15) is 0 Å². The first kappa shape index (κ1) is 8.37. The van der Waals surface area contributed by atoms with Crippen molar-refractivity contribution in [1.82, 2.24) is 4.98 Å². The van der Waals surface area contributed by atoms with Crippen molar-refractivity contribution in [3.05, 3.63) is 28.6 Å². The summed E-state index contributed by atoms with van der Waals surface area (Å²) >= 11 is 1.49. The Bertz CT molecular complexity index is 387. The predicted molar refractivity (Wildman–Crippen MR) is 54.6 cm³/mol. The molecule has 0 saturated carbocycles. The number of anilines is 1. The van der Waals surface area contributed by atoms with Crippen molar-refractivity contribution in [3.8, 4) is 0 Å². The number of H-pyrrole nitrogens is 1. The van der Waals surface area contributed by atoms with Crippen LogP contribution in [-0.4, -0.2) is 22.4 Å². The van der Waals surface area contributed by atoms with Gasteiger partial charge in [0.25, 0.3) is 0 Å². The molecule has 0 aromatic carbocycles. The Morgan fingerprint density at radius 3 is 3.00 bits per heavy atom. The molecule has 1 aromatic heterocycles. The number of hydrogen-bond donors (Lipinski definition) is 2. The standard InChI is InChI=1S/C8H9N3OS/c9-8-11(4-5-13-8)6-2-1-3-7(12)10-6/h1-3,9H,4-5H2,(H,10,12). The van der Waals surface area contributed by atoms with Crippen molar-refractivity contribution in [2.75, 3.05) is 17.2 Å². The minimum absolute atomic E-state index is 0.123. The molecule has 2 heterocycles. The van der Waals surface area contributed by atoms with Crippen LogP contribution in [0.2, 0.25) is 0 Å². The average molecular weight is 195 g/mol. The summed E-state index contributed by atoms with van der Waals surface area (Å²) in [5, 5.41) is 8.08. The van der Waals surface area contributed by atoms with Gasteiger partial charge in [0.1, 0.15) is 5.82 Å². The highest BCUT2D eigenvalue weighted by molar-refractivity contribution is 8.14. The Hall–Kier alpha value is -1.23. The fourth-order valence-corrected chi connectivity index (χ4v) is 2.05. The van der Waals surface area contributed by atoms with Crippen molar-refractivity contribution in [1.29, 1.82) is 5.41 Å². The normalized spacial score (nSPS) is 16.6. The maximum Gasteiger partial charge on any atom is 0.249 e. The van der Waals surface area contributed by atoms with E-state index in [0.29, 0.717) is 11.0 Å². The number of rotatable bonds is 1. The minimum Gasteiger partial charge on any atom is -0.308 e. The SMILES string of the molecule is N=C1SCCN1c1cccc(=O)[nH]1. The van der Waals surface area contributed by atoms with E-state index in [2.05, 4.69) is 4.98 Å². The summed E-state index contributed by atoms with van der Waals surface area (Å²) in [6, 6.07) is 4.97.